The van der Waals surface area contributed by atoms with Gasteiger partial charge < -0.3 is 15.2 Å². The molecule has 0 unspecified atom stereocenters. The maximum atomic E-state index is 12.3. The van der Waals surface area contributed by atoms with Crippen molar-refractivity contribution in [3.05, 3.63) is 48.2 Å². The standard InChI is InChI=1S/C16H18ClNO3/c1-10-16(13(19)11-6-4-3-5-7-11)15(2,21-10)12(8-9-17)14(20)18-16/h3-7,12-13,19H,1,8-9H2,2H3,(H,18,20)/t12-,13+,15-,16+/m0/s1. The highest BCUT2D eigenvalue weighted by atomic mass is 35.5. The van der Waals surface area contributed by atoms with Gasteiger partial charge in [-0.25, -0.2) is 0 Å². The van der Waals surface area contributed by atoms with Crippen LogP contribution in [0.5, 0.6) is 0 Å². The van der Waals surface area contributed by atoms with Crippen molar-refractivity contribution in [1.82, 2.24) is 5.32 Å². The van der Waals surface area contributed by atoms with Crippen LogP contribution in [0.4, 0.5) is 0 Å². The molecule has 1 aromatic rings. The van der Waals surface area contributed by atoms with E-state index in [-0.39, 0.29) is 11.8 Å². The molecule has 5 heteroatoms. The number of alkyl halides is 1. The average Bonchev–Trinajstić information content (AvgIpc) is 2.65. The van der Waals surface area contributed by atoms with E-state index >= 15 is 0 Å². The highest BCUT2D eigenvalue weighted by molar-refractivity contribution is 6.18. The van der Waals surface area contributed by atoms with E-state index in [4.69, 9.17) is 16.3 Å². The molecule has 21 heavy (non-hydrogen) atoms. The Kier molecular flexibility index (Phi) is 3.26. The van der Waals surface area contributed by atoms with E-state index < -0.39 is 17.2 Å². The Bertz CT molecular complexity index is 590. The first kappa shape index (κ1) is 14.4. The number of hydrogen-bond acceptors (Lipinski definition) is 3. The summed E-state index contributed by atoms with van der Waals surface area (Å²) < 4.78 is 5.74. The molecule has 2 fully saturated rings. The summed E-state index contributed by atoms with van der Waals surface area (Å²) in [7, 11) is 0. The second-order valence-corrected chi connectivity index (χ2v) is 6.15. The molecule has 1 aromatic carbocycles. The molecule has 0 saturated carbocycles. The highest BCUT2D eigenvalue weighted by Crippen LogP contribution is 2.59. The van der Waals surface area contributed by atoms with Gasteiger partial charge in [-0.2, -0.15) is 0 Å². The maximum Gasteiger partial charge on any atom is 0.228 e. The van der Waals surface area contributed by atoms with Crippen molar-refractivity contribution in [3.63, 3.8) is 0 Å². The Morgan fingerprint density at radius 3 is 2.71 bits per heavy atom. The number of nitrogens with one attached hydrogen (secondary N) is 1. The van der Waals surface area contributed by atoms with Crippen molar-refractivity contribution < 1.29 is 14.6 Å². The Morgan fingerprint density at radius 2 is 2.14 bits per heavy atom. The van der Waals surface area contributed by atoms with Crippen molar-refractivity contribution in [1.29, 1.82) is 0 Å². The molecule has 2 aliphatic heterocycles. The van der Waals surface area contributed by atoms with Gasteiger partial charge in [-0.1, -0.05) is 36.9 Å². The normalized spacial score (nSPS) is 35.5. The summed E-state index contributed by atoms with van der Waals surface area (Å²) in [5.41, 5.74) is -1.09. The summed E-state index contributed by atoms with van der Waals surface area (Å²) in [5.74, 6) is 0.221. The van der Waals surface area contributed by atoms with Crippen LogP contribution in [0.2, 0.25) is 0 Å². The lowest BCUT2D eigenvalue weighted by molar-refractivity contribution is -0.196. The van der Waals surface area contributed by atoms with E-state index in [9.17, 15) is 9.90 Å². The third-order valence-electron chi connectivity index (χ3n) is 4.78. The minimum Gasteiger partial charge on any atom is -0.486 e. The van der Waals surface area contributed by atoms with Crippen molar-refractivity contribution in [2.75, 3.05) is 5.88 Å². The molecular weight excluding hydrogens is 290 g/mol. The number of ether oxygens (including phenoxy) is 1. The highest BCUT2D eigenvalue weighted by Gasteiger charge is 2.75. The number of fused-ring (bicyclic) bond motifs is 1. The van der Waals surface area contributed by atoms with Gasteiger partial charge in [0.2, 0.25) is 5.91 Å². The molecule has 0 bridgehead atoms. The van der Waals surface area contributed by atoms with Gasteiger partial charge in [-0.05, 0) is 18.9 Å². The third kappa shape index (κ3) is 1.69. The number of rotatable bonds is 4. The summed E-state index contributed by atoms with van der Waals surface area (Å²) in [6.07, 6.45) is -0.408. The number of carbonyl (C=O) groups is 1. The molecule has 3 rings (SSSR count). The van der Waals surface area contributed by atoms with E-state index in [0.717, 1.165) is 5.56 Å². The van der Waals surface area contributed by atoms with Crippen LogP contribution < -0.4 is 5.32 Å². The fraction of sp³-hybridized carbons (Fsp3) is 0.438. The number of hydrogen-bond donors (Lipinski definition) is 2. The predicted molar refractivity (Wildman–Crippen MR) is 79.7 cm³/mol. The van der Waals surface area contributed by atoms with E-state index in [0.29, 0.717) is 18.1 Å². The Balaban J connectivity index is 2.03. The van der Waals surface area contributed by atoms with E-state index in [1.165, 1.54) is 0 Å². The zero-order chi connectivity index (χ0) is 15.3. The van der Waals surface area contributed by atoms with Crippen molar-refractivity contribution in [2.24, 2.45) is 5.92 Å². The van der Waals surface area contributed by atoms with Crippen molar-refractivity contribution >= 4 is 17.5 Å². The lowest BCUT2D eigenvalue weighted by Gasteiger charge is -2.57. The molecule has 1 amide bonds. The zero-order valence-corrected chi connectivity index (χ0v) is 12.6. The van der Waals surface area contributed by atoms with E-state index in [1.807, 2.05) is 37.3 Å². The molecule has 0 aliphatic carbocycles. The molecule has 2 heterocycles. The number of aliphatic hydroxyl groups excluding tert-OH is 1. The van der Waals surface area contributed by atoms with Gasteiger partial charge in [0.1, 0.15) is 11.9 Å². The summed E-state index contributed by atoms with van der Waals surface area (Å²) in [4.78, 5) is 12.3. The fourth-order valence-electron chi connectivity index (χ4n) is 3.61. The number of aliphatic hydroxyl groups is 1. The number of amides is 1. The summed E-state index contributed by atoms with van der Waals surface area (Å²) in [6.45, 7) is 5.70. The lowest BCUT2D eigenvalue weighted by Crippen LogP contribution is -2.71. The van der Waals surface area contributed by atoms with Crippen LogP contribution in [0.25, 0.3) is 0 Å². The Labute approximate surface area is 128 Å². The number of benzene rings is 1. The number of halogens is 1. The minimum absolute atomic E-state index is 0.146. The largest absolute Gasteiger partial charge is 0.486 e. The first-order chi connectivity index (χ1) is 9.97. The van der Waals surface area contributed by atoms with Crippen LogP contribution in [0.3, 0.4) is 0 Å². The summed E-state index contributed by atoms with van der Waals surface area (Å²) in [5, 5.41) is 13.8. The van der Waals surface area contributed by atoms with Crippen LogP contribution in [0.1, 0.15) is 25.0 Å². The Hall–Kier alpha value is -1.52. The van der Waals surface area contributed by atoms with Gasteiger partial charge in [0.25, 0.3) is 0 Å². The van der Waals surface area contributed by atoms with E-state index in [2.05, 4.69) is 11.9 Å². The molecule has 2 saturated heterocycles. The topological polar surface area (TPSA) is 58.6 Å². The van der Waals surface area contributed by atoms with Gasteiger partial charge in [0, 0.05) is 5.88 Å². The monoisotopic (exact) mass is 307 g/mol. The van der Waals surface area contributed by atoms with Crippen LogP contribution in [0.15, 0.2) is 42.7 Å². The minimum atomic E-state index is -0.984. The molecule has 2 N–H and O–H groups in total. The molecule has 112 valence electrons. The lowest BCUT2D eigenvalue weighted by atomic mass is 9.65. The van der Waals surface area contributed by atoms with Crippen LogP contribution in [-0.4, -0.2) is 28.0 Å². The summed E-state index contributed by atoms with van der Waals surface area (Å²) >= 11 is 5.80. The van der Waals surface area contributed by atoms with Crippen molar-refractivity contribution in [3.8, 4) is 0 Å². The second kappa shape index (κ2) is 4.75. The fourth-order valence-corrected chi connectivity index (χ4v) is 3.83. The van der Waals surface area contributed by atoms with Gasteiger partial charge in [0.15, 0.2) is 11.1 Å². The second-order valence-electron chi connectivity index (χ2n) is 5.77. The van der Waals surface area contributed by atoms with Gasteiger partial charge in [-0.15, -0.1) is 11.6 Å². The molecule has 2 aliphatic rings. The molecule has 4 atom stereocenters. The SMILES string of the molecule is C=C1O[C@@]2(C)[C@@H](CCCl)C(=O)N[C@@]12[C@H](O)c1ccccc1. The zero-order valence-electron chi connectivity index (χ0n) is 11.8. The third-order valence-corrected chi connectivity index (χ3v) is 5.00. The number of carbonyl (C=O) groups excluding carboxylic acids is 1. The van der Waals surface area contributed by atoms with Crippen LogP contribution >= 0.6 is 11.6 Å². The molecule has 0 radical (unpaired) electrons. The Morgan fingerprint density at radius 1 is 1.48 bits per heavy atom. The average molecular weight is 308 g/mol. The predicted octanol–water partition coefficient (Wildman–Crippen LogP) is 2.14. The van der Waals surface area contributed by atoms with Crippen molar-refractivity contribution in [2.45, 2.75) is 30.6 Å². The van der Waals surface area contributed by atoms with E-state index in [1.54, 1.807) is 0 Å². The maximum absolute atomic E-state index is 12.3. The molecular formula is C16H18ClNO3. The van der Waals surface area contributed by atoms with Gasteiger partial charge >= 0.3 is 0 Å². The molecule has 0 spiro atoms. The van der Waals surface area contributed by atoms with Gasteiger partial charge in [-0.3, -0.25) is 4.79 Å². The smallest absolute Gasteiger partial charge is 0.228 e. The first-order valence-corrected chi connectivity index (χ1v) is 7.50. The first-order valence-electron chi connectivity index (χ1n) is 6.97. The van der Waals surface area contributed by atoms with Gasteiger partial charge in [0.05, 0.1) is 5.92 Å². The molecule has 4 nitrogen and oxygen atoms in total. The van der Waals surface area contributed by atoms with Crippen LogP contribution in [0, 0.1) is 5.92 Å². The molecule has 0 aromatic heterocycles. The quantitative estimate of drug-likeness (QED) is 0.838. The summed E-state index contributed by atoms with van der Waals surface area (Å²) in [6, 6.07) is 9.23. The van der Waals surface area contributed by atoms with Crippen LogP contribution in [-0.2, 0) is 9.53 Å².